The fourth-order valence-corrected chi connectivity index (χ4v) is 2.98. The van der Waals surface area contributed by atoms with Crippen LogP contribution in [0, 0.1) is 0 Å². The van der Waals surface area contributed by atoms with Crippen molar-refractivity contribution in [2.75, 3.05) is 13.7 Å². The summed E-state index contributed by atoms with van der Waals surface area (Å²) in [6, 6.07) is 6.76. The maximum Gasteiger partial charge on any atom is 0.306 e. The van der Waals surface area contributed by atoms with Crippen LogP contribution in [0.4, 0.5) is 0 Å². The lowest BCUT2D eigenvalue weighted by Crippen LogP contribution is -2.50. The van der Waals surface area contributed by atoms with Crippen LogP contribution >= 0.6 is 0 Å². The lowest BCUT2D eigenvalue weighted by atomic mass is 9.75. The molecule has 21 heavy (non-hydrogen) atoms. The number of methoxy groups -OCH3 is 1. The first kappa shape index (κ1) is 13.8. The first-order valence-electron chi connectivity index (χ1n) is 6.47. The van der Waals surface area contributed by atoms with Crippen LogP contribution in [-0.4, -0.2) is 47.4 Å². The highest BCUT2D eigenvalue weighted by atomic mass is 16.5. The first-order valence-corrected chi connectivity index (χ1v) is 6.47. The van der Waals surface area contributed by atoms with Crippen LogP contribution in [0.5, 0.6) is 0 Å². The van der Waals surface area contributed by atoms with Gasteiger partial charge in [-0.05, 0) is 0 Å². The van der Waals surface area contributed by atoms with Crippen molar-refractivity contribution in [1.82, 2.24) is 0 Å². The molecular formula is C15H14O6. The van der Waals surface area contributed by atoms with Gasteiger partial charge in [0.25, 0.3) is 0 Å². The number of hydrogen-bond acceptors (Lipinski definition) is 5. The fraction of sp³-hybridized carbons (Fsp3) is 0.333. The quantitative estimate of drug-likeness (QED) is 0.857. The van der Waals surface area contributed by atoms with E-state index in [4.69, 9.17) is 14.6 Å². The zero-order valence-corrected chi connectivity index (χ0v) is 11.3. The van der Waals surface area contributed by atoms with Crippen molar-refractivity contribution in [3.8, 4) is 0 Å². The molecule has 1 aliphatic carbocycles. The van der Waals surface area contributed by atoms with E-state index in [1.807, 2.05) is 0 Å². The molecule has 1 heterocycles. The number of carbonyl (C=O) groups is 2. The van der Waals surface area contributed by atoms with Gasteiger partial charge in [0.15, 0.2) is 5.60 Å². The van der Waals surface area contributed by atoms with Gasteiger partial charge in [-0.25, -0.2) is 0 Å². The molecule has 1 fully saturated rings. The fourth-order valence-electron chi connectivity index (χ4n) is 2.98. The molecule has 6 nitrogen and oxygen atoms in total. The summed E-state index contributed by atoms with van der Waals surface area (Å²) in [5, 5.41) is 19.8. The molecule has 0 spiro atoms. The van der Waals surface area contributed by atoms with Crippen LogP contribution in [0.25, 0.3) is 5.76 Å². The average Bonchev–Trinajstić information content (AvgIpc) is 2.78. The molecule has 1 aromatic rings. The SMILES string of the molecule is COC1=C2CO[C@@H](CC(=O)O)[C@]2(O)C(=O)c2ccccc21. The second-order valence-corrected chi connectivity index (χ2v) is 5.05. The van der Waals surface area contributed by atoms with Gasteiger partial charge < -0.3 is 19.7 Å². The van der Waals surface area contributed by atoms with Gasteiger partial charge in [-0.1, -0.05) is 24.3 Å². The molecule has 0 amide bonds. The van der Waals surface area contributed by atoms with Crippen molar-refractivity contribution in [2.24, 2.45) is 0 Å². The zero-order valence-electron chi connectivity index (χ0n) is 11.3. The second kappa shape index (κ2) is 4.68. The molecule has 0 unspecified atom stereocenters. The normalized spacial score (nSPS) is 27.3. The van der Waals surface area contributed by atoms with E-state index in [9.17, 15) is 14.7 Å². The van der Waals surface area contributed by atoms with Crippen LogP contribution in [0.15, 0.2) is 29.8 Å². The van der Waals surface area contributed by atoms with Gasteiger partial charge in [0.05, 0.1) is 20.1 Å². The van der Waals surface area contributed by atoms with Gasteiger partial charge in [-0.3, -0.25) is 9.59 Å². The highest BCUT2D eigenvalue weighted by molar-refractivity contribution is 6.12. The van der Waals surface area contributed by atoms with Crippen molar-refractivity contribution in [2.45, 2.75) is 18.1 Å². The maximum absolute atomic E-state index is 12.7. The number of Topliss-reactive ketones (excluding diaryl/α,β-unsaturated/α-hetero) is 1. The van der Waals surface area contributed by atoms with E-state index >= 15 is 0 Å². The number of aliphatic hydroxyl groups is 1. The minimum atomic E-state index is -1.97. The molecule has 6 heteroatoms. The molecule has 2 N–H and O–H groups in total. The Labute approximate surface area is 120 Å². The number of carbonyl (C=O) groups excluding carboxylic acids is 1. The second-order valence-electron chi connectivity index (χ2n) is 5.05. The number of carboxylic acids is 1. The monoisotopic (exact) mass is 290 g/mol. The van der Waals surface area contributed by atoms with Crippen LogP contribution in [0.3, 0.4) is 0 Å². The highest BCUT2D eigenvalue weighted by Gasteiger charge is 2.57. The summed E-state index contributed by atoms with van der Waals surface area (Å²) in [5.41, 5.74) is -0.788. The third-order valence-electron chi connectivity index (χ3n) is 3.96. The van der Waals surface area contributed by atoms with Crippen LogP contribution in [0.1, 0.15) is 22.3 Å². The van der Waals surface area contributed by atoms with Crippen molar-refractivity contribution in [1.29, 1.82) is 0 Å². The molecule has 2 aliphatic rings. The molecule has 1 aliphatic heterocycles. The number of ketones is 1. The number of ether oxygens (including phenoxy) is 2. The van der Waals surface area contributed by atoms with Gasteiger partial charge in [0, 0.05) is 16.7 Å². The number of benzene rings is 1. The third kappa shape index (κ3) is 1.80. The summed E-state index contributed by atoms with van der Waals surface area (Å²) < 4.78 is 10.7. The summed E-state index contributed by atoms with van der Waals surface area (Å²) in [5.74, 6) is -1.31. The van der Waals surface area contributed by atoms with Crippen LogP contribution in [0.2, 0.25) is 0 Å². The predicted molar refractivity (Wildman–Crippen MR) is 71.6 cm³/mol. The van der Waals surface area contributed by atoms with Gasteiger partial charge in [-0.15, -0.1) is 0 Å². The maximum atomic E-state index is 12.7. The largest absolute Gasteiger partial charge is 0.496 e. The Morgan fingerprint density at radius 3 is 2.71 bits per heavy atom. The molecule has 0 bridgehead atoms. The van der Waals surface area contributed by atoms with Crippen LogP contribution < -0.4 is 0 Å². The Balaban J connectivity index is 2.19. The smallest absolute Gasteiger partial charge is 0.306 e. The molecule has 0 radical (unpaired) electrons. The Hall–Kier alpha value is -2.18. The molecule has 0 aromatic heterocycles. The Bertz CT molecular complexity index is 662. The van der Waals surface area contributed by atoms with Gasteiger partial charge in [-0.2, -0.15) is 0 Å². The van der Waals surface area contributed by atoms with E-state index in [1.54, 1.807) is 24.3 Å². The Kier molecular flexibility index (Phi) is 3.07. The van der Waals surface area contributed by atoms with E-state index in [0.29, 0.717) is 22.5 Å². The standard InChI is InChI=1S/C15H14O6/c1-20-13-8-4-2-3-5-9(8)14(18)15(19)10(13)7-21-11(15)6-12(16)17/h2-5,11,19H,6-7H2,1H3,(H,16,17)/t11-,15-/m0/s1. The number of rotatable bonds is 3. The van der Waals surface area contributed by atoms with Crippen molar-refractivity contribution in [3.05, 3.63) is 41.0 Å². The van der Waals surface area contributed by atoms with Gasteiger partial charge in [0.2, 0.25) is 5.78 Å². The summed E-state index contributed by atoms with van der Waals surface area (Å²) in [4.78, 5) is 23.6. The molecule has 3 rings (SSSR count). The minimum Gasteiger partial charge on any atom is -0.496 e. The third-order valence-corrected chi connectivity index (χ3v) is 3.96. The van der Waals surface area contributed by atoms with Crippen molar-refractivity contribution in [3.63, 3.8) is 0 Å². The topological polar surface area (TPSA) is 93.1 Å². The Morgan fingerprint density at radius 2 is 2.10 bits per heavy atom. The number of fused-ring (bicyclic) bond motifs is 2. The molecule has 1 aromatic carbocycles. The van der Waals surface area contributed by atoms with E-state index in [-0.39, 0.29) is 6.61 Å². The van der Waals surface area contributed by atoms with E-state index in [0.717, 1.165) is 0 Å². The summed E-state index contributed by atoms with van der Waals surface area (Å²) in [6.07, 6.45) is -1.57. The first-order chi connectivity index (χ1) is 10.00. The number of carboxylic acid groups (broad SMARTS) is 1. The van der Waals surface area contributed by atoms with E-state index < -0.39 is 29.9 Å². The van der Waals surface area contributed by atoms with Gasteiger partial charge >= 0.3 is 5.97 Å². The zero-order chi connectivity index (χ0) is 15.2. The van der Waals surface area contributed by atoms with Crippen LogP contribution in [-0.2, 0) is 14.3 Å². The number of hydrogen-bond donors (Lipinski definition) is 2. The highest BCUT2D eigenvalue weighted by Crippen LogP contribution is 2.45. The number of aliphatic carboxylic acids is 1. The van der Waals surface area contributed by atoms with Crippen molar-refractivity contribution < 1.29 is 29.3 Å². The predicted octanol–water partition coefficient (Wildman–Crippen LogP) is 0.845. The average molecular weight is 290 g/mol. The van der Waals surface area contributed by atoms with E-state index in [2.05, 4.69) is 0 Å². The van der Waals surface area contributed by atoms with Crippen molar-refractivity contribution >= 4 is 17.5 Å². The van der Waals surface area contributed by atoms with Gasteiger partial charge in [0.1, 0.15) is 11.9 Å². The Morgan fingerprint density at radius 1 is 1.43 bits per heavy atom. The molecule has 2 atom stereocenters. The van der Waals surface area contributed by atoms with E-state index in [1.165, 1.54) is 7.11 Å². The summed E-state index contributed by atoms with van der Waals surface area (Å²) in [7, 11) is 1.44. The molecular weight excluding hydrogens is 276 g/mol. The summed E-state index contributed by atoms with van der Waals surface area (Å²) >= 11 is 0. The lowest BCUT2D eigenvalue weighted by Gasteiger charge is -2.33. The molecule has 1 saturated heterocycles. The minimum absolute atomic E-state index is 0.0301. The summed E-state index contributed by atoms with van der Waals surface area (Å²) in [6.45, 7) is -0.0301. The molecule has 0 saturated carbocycles. The molecule has 110 valence electrons. The lowest BCUT2D eigenvalue weighted by molar-refractivity contribution is -0.141.